The average Bonchev–Trinajstić information content (AvgIpc) is 2.89. The van der Waals surface area contributed by atoms with E-state index in [1.54, 1.807) is 24.5 Å². The van der Waals surface area contributed by atoms with Gasteiger partial charge in [0.2, 0.25) is 10.0 Å². The van der Waals surface area contributed by atoms with Crippen LogP contribution in [0.4, 0.5) is 5.69 Å². The van der Waals surface area contributed by atoms with Gasteiger partial charge in [-0.1, -0.05) is 24.6 Å². The summed E-state index contributed by atoms with van der Waals surface area (Å²) >= 11 is 0. The number of aromatic nitrogens is 1. The Morgan fingerprint density at radius 3 is 2.14 bits per heavy atom. The van der Waals surface area contributed by atoms with Crippen molar-refractivity contribution in [2.45, 2.75) is 48.3 Å². The van der Waals surface area contributed by atoms with Gasteiger partial charge in [-0.05, 0) is 72.9 Å². The monoisotopic (exact) mass is 527 g/mol. The summed E-state index contributed by atoms with van der Waals surface area (Å²) in [6.45, 7) is 1.01. The Bertz CT molecular complexity index is 1380. The number of anilines is 1. The smallest absolute Gasteiger partial charge is 0.261 e. The SMILES string of the molecule is O=C(CCc1cccnc1)Cc1ccc(S(=O)(=O)Nc2ccc(S(=O)(=O)N3CCCCC3)cc2)cc1. The molecule has 0 spiro atoms. The number of Topliss-reactive ketones (excluding diaryl/α,β-unsaturated/α-hetero) is 1. The van der Waals surface area contributed by atoms with E-state index >= 15 is 0 Å². The van der Waals surface area contributed by atoms with Crippen LogP contribution in [0.15, 0.2) is 82.8 Å². The second-order valence-corrected chi connectivity index (χ2v) is 12.4. The molecule has 0 saturated carbocycles. The summed E-state index contributed by atoms with van der Waals surface area (Å²) < 4.78 is 55.2. The van der Waals surface area contributed by atoms with Crippen molar-refractivity contribution >= 4 is 31.5 Å². The molecule has 1 aliphatic rings. The third-order valence-corrected chi connectivity index (χ3v) is 9.42. The summed E-state index contributed by atoms with van der Waals surface area (Å²) in [4.78, 5) is 16.5. The zero-order valence-electron chi connectivity index (χ0n) is 19.8. The number of benzene rings is 2. The summed E-state index contributed by atoms with van der Waals surface area (Å²) in [5, 5.41) is 0. The molecule has 0 aliphatic carbocycles. The predicted octanol–water partition coefficient (Wildman–Crippen LogP) is 3.80. The molecule has 0 radical (unpaired) electrons. The van der Waals surface area contributed by atoms with Gasteiger partial charge in [-0.15, -0.1) is 0 Å². The van der Waals surface area contributed by atoms with E-state index < -0.39 is 20.0 Å². The van der Waals surface area contributed by atoms with Gasteiger partial charge < -0.3 is 0 Å². The van der Waals surface area contributed by atoms with Crippen molar-refractivity contribution in [3.05, 3.63) is 84.2 Å². The maximum Gasteiger partial charge on any atom is 0.261 e. The Morgan fingerprint density at radius 2 is 1.50 bits per heavy atom. The van der Waals surface area contributed by atoms with E-state index in [1.165, 1.54) is 40.7 Å². The summed E-state index contributed by atoms with van der Waals surface area (Å²) in [7, 11) is -7.46. The van der Waals surface area contributed by atoms with Gasteiger partial charge in [0.05, 0.1) is 9.79 Å². The van der Waals surface area contributed by atoms with Gasteiger partial charge in [-0.3, -0.25) is 14.5 Å². The molecule has 36 heavy (non-hydrogen) atoms. The van der Waals surface area contributed by atoms with E-state index in [0.717, 1.165) is 30.4 Å². The lowest BCUT2D eigenvalue weighted by atomic mass is 10.0. The third-order valence-electron chi connectivity index (χ3n) is 6.11. The molecule has 190 valence electrons. The van der Waals surface area contributed by atoms with Crippen molar-refractivity contribution < 1.29 is 21.6 Å². The molecule has 0 unspecified atom stereocenters. The highest BCUT2D eigenvalue weighted by Crippen LogP contribution is 2.23. The topological polar surface area (TPSA) is 114 Å². The first-order valence-electron chi connectivity index (χ1n) is 11.9. The standard InChI is InChI=1S/C26H29N3O5S2/c30-24(11-6-22-5-4-16-27-20-22)19-21-7-12-25(13-8-21)35(31,32)28-23-9-14-26(15-10-23)36(33,34)29-17-2-1-3-18-29/h4-5,7-10,12-16,20,28H,1-3,6,11,17-19H2. The number of nitrogens with zero attached hydrogens (tertiary/aromatic N) is 2. The lowest BCUT2D eigenvalue weighted by Crippen LogP contribution is -2.35. The molecule has 1 N–H and O–H groups in total. The largest absolute Gasteiger partial charge is 0.299 e. The van der Waals surface area contributed by atoms with Gasteiger partial charge in [0, 0.05) is 44.0 Å². The molecule has 10 heteroatoms. The Kier molecular flexibility index (Phi) is 8.17. The molecule has 2 heterocycles. The van der Waals surface area contributed by atoms with Gasteiger partial charge in [0.15, 0.2) is 0 Å². The van der Waals surface area contributed by atoms with Crippen molar-refractivity contribution in [2.24, 2.45) is 0 Å². The predicted molar refractivity (Wildman–Crippen MR) is 138 cm³/mol. The number of nitrogens with one attached hydrogen (secondary N) is 1. The van der Waals surface area contributed by atoms with Crippen molar-refractivity contribution in [1.82, 2.24) is 9.29 Å². The van der Waals surface area contributed by atoms with E-state index in [4.69, 9.17) is 0 Å². The molecule has 3 aromatic rings. The highest BCUT2D eigenvalue weighted by atomic mass is 32.2. The number of aryl methyl sites for hydroxylation is 1. The van der Waals surface area contributed by atoms with Crippen LogP contribution in [0.3, 0.4) is 0 Å². The molecule has 2 aromatic carbocycles. The second kappa shape index (κ2) is 11.3. The Balaban J connectivity index is 1.35. The minimum absolute atomic E-state index is 0.0547. The normalized spacial score (nSPS) is 14.9. The van der Waals surface area contributed by atoms with Gasteiger partial charge in [-0.2, -0.15) is 4.31 Å². The van der Waals surface area contributed by atoms with Crippen LogP contribution in [0, 0.1) is 0 Å². The number of pyridine rings is 1. The van der Waals surface area contributed by atoms with Gasteiger partial charge >= 0.3 is 0 Å². The quantitative estimate of drug-likeness (QED) is 0.429. The van der Waals surface area contributed by atoms with Crippen LogP contribution in [0.1, 0.15) is 36.8 Å². The molecule has 4 rings (SSSR count). The highest BCUT2D eigenvalue weighted by molar-refractivity contribution is 7.92. The average molecular weight is 528 g/mol. The van der Waals surface area contributed by atoms with Crippen molar-refractivity contribution in [3.8, 4) is 0 Å². The van der Waals surface area contributed by atoms with Crippen LogP contribution >= 0.6 is 0 Å². The minimum Gasteiger partial charge on any atom is -0.299 e. The molecule has 1 saturated heterocycles. The lowest BCUT2D eigenvalue weighted by molar-refractivity contribution is -0.118. The Labute approximate surface area is 212 Å². The fraction of sp³-hybridized carbons (Fsp3) is 0.308. The summed E-state index contributed by atoms with van der Waals surface area (Å²) in [6.07, 6.45) is 7.35. The highest BCUT2D eigenvalue weighted by Gasteiger charge is 2.26. The molecule has 0 atom stereocenters. The van der Waals surface area contributed by atoms with Crippen LogP contribution in [0.2, 0.25) is 0 Å². The number of carbonyl (C=O) groups is 1. The number of piperidine rings is 1. The zero-order valence-corrected chi connectivity index (χ0v) is 21.5. The summed E-state index contributed by atoms with van der Waals surface area (Å²) in [5.41, 5.74) is 2.00. The molecule has 8 nitrogen and oxygen atoms in total. The number of hydrogen-bond donors (Lipinski definition) is 1. The zero-order chi connectivity index (χ0) is 25.6. The first-order valence-corrected chi connectivity index (χ1v) is 14.8. The van der Waals surface area contributed by atoms with Crippen molar-refractivity contribution in [1.29, 1.82) is 0 Å². The van der Waals surface area contributed by atoms with Crippen LogP contribution in [0.25, 0.3) is 0 Å². The first kappa shape index (κ1) is 26.0. The Morgan fingerprint density at radius 1 is 0.833 bits per heavy atom. The van der Waals surface area contributed by atoms with Crippen molar-refractivity contribution in [2.75, 3.05) is 17.8 Å². The maximum absolute atomic E-state index is 12.8. The molecule has 1 aliphatic heterocycles. The number of rotatable bonds is 10. The Hall–Kier alpha value is -3.08. The van der Waals surface area contributed by atoms with E-state index in [9.17, 15) is 21.6 Å². The molecular weight excluding hydrogens is 498 g/mol. The van der Waals surface area contributed by atoms with Crippen LogP contribution in [-0.4, -0.2) is 45.0 Å². The van der Waals surface area contributed by atoms with E-state index in [0.29, 0.717) is 25.9 Å². The number of hydrogen-bond acceptors (Lipinski definition) is 6. The first-order chi connectivity index (χ1) is 17.2. The molecular formula is C26H29N3O5S2. The van der Waals surface area contributed by atoms with Gasteiger partial charge in [-0.25, -0.2) is 16.8 Å². The lowest BCUT2D eigenvalue weighted by Gasteiger charge is -2.25. The molecule has 0 bridgehead atoms. The van der Waals surface area contributed by atoms with E-state index in [-0.39, 0.29) is 27.7 Å². The summed E-state index contributed by atoms with van der Waals surface area (Å²) in [5.74, 6) is 0.0622. The van der Waals surface area contributed by atoms with Gasteiger partial charge in [0.1, 0.15) is 5.78 Å². The fourth-order valence-corrected chi connectivity index (χ4v) is 6.67. The van der Waals surface area contributed by atoms with Crippen molar-refractivity contribution in [3.63, 3.8) is 0 Å². The summed E-state index contributed by atoms with van der Waals surface area (Å²) in [6, 6.07) is 15.7. The van der Waals surface area contributed by atoms with E-state index in [2.05, 4.69) is 9.71 Å². The maximum atomic E-state index is 12.8. The van der Waals surface area contributed by atoms with Crippen LogP contribution in [0.5, 0.6) is 0 Å². The van der Waals surface area contributed by atoms with Crippen LogP contribution < -0.4 is 4.72 Å². The number of carbonyl (C=O) groups excluding carboxylic acids is 1. The molecule has 0 amide bonds. The third kappa shape index (κ3) is 6.57. The van der Waals surface area contributed by atoms with Gasteiger partial charge in [0.25, 0.3) is 10.0 Å². The second-order valence-electron chi connectivity index (χ2n) is 8.82. The molecule has 1 aromatic heterocycles. The van der Waals surface area contributed by atoms with Crippen LogP contribution in [-0.2, 0) is 37.7 Å². The minimum atomic E-state index is -3.88. The van der Waals surface area contributed by atoms with E-state index in [1.807, 2.05) is 12.1 Å². The fourth-order valence-electron chi connectivity index (χ4n) is 4.10. The molecule has 1 fully saturated rings. The number of ketones is 1. The number of sulfonamides is 2.